The molecule has 3 aromatic rings. The van der Waals surface area contributed by atoms with E-state index in [1.165, 1.54) is 11.3 Å². The molecular weight excluding hydrogens is 379 g/mol. The molecule has 0 aliphatic rings. The summed E-state index contributed by atoms with van der Waals surface area (Å²) in [5, 5.41) is 12.6. The summed E-state index contributed by atoms with van der Waals surface area (Å²) in [6.07, 6.45) is -0.765. The predicted molar refractivity (Wildman–Crippen MR) is 90.0 cm³/mol. The van der Waals surface area contributed by atoms with E-state index in [1.54, 1.807) is 6.07 Å². The number of aliphatic hydroxyl groups is 1. The quantitative estimate of drug-likeness (QED) is 0.567. The minimum atomic E-state index is -0.765. The van der Waals surface area contributed by atoms with E-state index in [1.807, 2.05) is 36.4 Å². The highest BCUT2D eigenvalue weighted by atomic mass is 79.9. The van der Waals surface area contributed by atoms with Gasteiger partial charge in [-0.2, -0.15) is 0 Å². The highest BCUT2D eigenvalue weighted by Gasteiger charge is 2.17. The number of rotatable bonds is 2. The molecule has 0 saturated carbocycles. The summed E-state index contributed by atoms with van der Waals surface area (Å²) >= 11 is 16.7. The minimum absolute atomic E-state index is 0.526. The fourth-order valence-corrected chi connectivity index (χ4v) is 4.02. The third-order valence-corrected chi connectivity index (χ3v) is 5.13. The van der Waals surface area contributed by atoms with Gasteiger partial charge in [-0.05, 0) is 40.6 Å². The van der Waals surface area contributed by atoms with Gasteiger partial charge in [0.1, 0.15) is 10.4 Å². The Labute approximate surface area is 138 Å². The molecule has 1 aromatic heterocycles. The molecule has 0 amide bonds. The number of fused-ring (bicyclic) bond motifs is 1. The third-order valence-electron chi connectivity index (χ3n) is 3.12. The first-order valence-corrected chi connectivity index (χ1v) is 8.23. The first-order chi connectivity index (χ1) is 9.54. The van der Waals surface area contributed by atoms with Gasteiger partial charge in [0.15, 0.2) is 0 Å². The van der Waals surface area contributed by atoms with Crippen LogP contribution < -0.4 is 0 Å². The fourth-order valence-electron chi connectivity index (χ4n) is 2.12. The normalized spacial score (nSPS) is 12.8. The maximum atomic E-state index is 10.5. The summed E-state index contributed by atoms with van der Waals surface area (Å²) in [4.78, 5) is 0. The summed E-state index contributed by atoms with van der Waals surface area (Å²) in [5.41, 5.74) is 1.45. The zero-order chi connectivity index (χ0) is 14.3. The lowest BCUT2D eigenvalue weighted by Crippen LogP contribution is -1.98. The summed E-state index contributed by atoms with van der Waals surface area (Å²) < 4.78 is 2.14. The molecule has 20 heavy (non-hydrogen) atoms. The second-order valence-electron chi connectivity index (χ2n) is 4.43. The number of aliphatic hydroxyl groups excluding tert-OH is 1. The van der Waals surface area contributed by atoms with Crippen molar-refractivity contribution in [1.29, 1.82) is 0 Å². The Kier molecular flexibility index (Phi) is 4.07. The molecule has 1 unspecified atom stereocenters. The van der Waals surface area contributed by atoms with Gasteiger partial charge in [-0.3, -0.25) is 0 Å². The zero-order valence-corrected chi connectivity index (χ0v) is 14.0. The maximum absolute atomic E-state index is 10.5. The molecule has 1 heterocycles. The van der Waals surface area contributed by atoms with Crippen LogP contribution in [0, 0.1) is 0 Å². The molecule has 1 N–H and O–H groups in total. The van der Waals surface area contributed by atoms with Crippen LogP contribution in [-0.4, -0.2) is 5.11 Å². The molecule has 0 bridgehead atoms. The van der Waals surface area contributed by atoms with Crippen molar-refractivity contribution in [3.8, 4) is 0 Å². The van der Waals surface area contributed by atoms with Crippen LogP contribution in [0.2, 0.25) is 8.67 Å². The topological polar surface area (TPSA) is 20.2 Å². The average molecular weight is 388 g/mol. The highest BCUT2D eigenvalue weighted by Crippen LogP contribution is 2.38. The Morgan fingerprint density at radius 1 is 1.00 bits per heavy atom. The number of hydrogen-bond donors (Lipinski definition) is 1. The summed E-state index contributed by atoms with van der Waals surface area (Å²) in [5.74, 6) is 0. The van der Waals surface area contributed by atoms with E-state index >= 15 is 0 Å². The van der Waals surface area contributed by atoms with Crippen LogP contribution in [0.5, 0.6) is 0 Å². The Morgan fingerprint density at radius 3 is 2.40 bits per heavy atom. The Hall–Kier alpha value is -0.580. The second-order valence-corrected chi connectivity index (χ2v) is 7.63. The Bertz CT molecular complexity index is 785. The van der Waals surface area contributed by atoms with Crippen molar-refractivity contribution < 1.29 is 5.11 Å². The average Bonchev–Trinajstić information content (AvgIpc) is 2.76. The lowest BCUT2D eigenvalue weighted by atomic mass is 10.0. The lowest BCUT2D eigenvalue weighted by Gasteiger charge is -2.11. The molecule has 0 saturated heterocycles. The lowest BCUT2D eigenvalue weighted by molar-refractivity contribution is 0.221. The predicted octanol–water partition coefficient (Wildman–Crippen LogP) is 6.05. The van der Waals surface area contributed by atoms with Gasteiger partial charge in [0.25, 0.3) is 0 Å². The molecule has 0 spiro atoms. The van der Waals surface area contributed by atoms with Crippen LogP contribution in [-0.2, 0) is 0 Å². The van der Waals surface area contributed by atoms with Crippen molar-refractivity contribution in [3.05, 3.63) is 66.7 Å². The van der Waals surface area contributed by atoms with E-state index < -0.39 is 6.10 Å². The van der Waals surface area contributed by atoms with E-state index in [4.69, 9.17) is 23.2 Å². The van der Waals surface area contributed by atoms with Crippen LogP contribution >= 0.6 is 50.5 Å². The molecule has 2 aromatic carbocycles. The second kappa shape index (κ2) is 5.66. The van der Waals surface area contributed by atoms with E-state index in [-0.39, 0.29) is 0 Å². The molecule has 1 nitrogen and oxygen atoms in total. The number of thiophene rings is 1. The van der Waals surface area contributed by atoms with E-state index in [0.29, 0.717) is 14.2 Å². The van der Waals surface area contributed by atoms with Crippen molar-refractivity contribution in [2.24, 2.45) is 0 Å². The molecular formula is C15H9BrCl2OS. The van der Waals surface area contributed by atoms with Gasteiger partial charge >= 0.3 is 0 Å². The molecule has 0 fully saturated rings. The monoisotopic (exact) mass is 386 g/mol. The molecule has 0 aliphatic heterocycles. The van der Waals surface area contributed by atoms with Gasteiger partial charge in [0.05, 0.1) is 4.34 Å². The largest absolute Gasteiger partial charge is 0.384 e. The third kappa shape index (κ3) is 2.74. The fraction of sp³-hybridized carbons (Fsp3) is 0.0667. The summed E-state index contributed by atoms with van der Waals surface area (Å²) in [6.45, 7) is 0. The molecule has 1 atom stereocenters. The standard InChI is InChI=1S/C15H9BrCl2OS/c16-11-4-3-8-5-10(2-1-9(8)6-11)14(19)12-7-13(17)20-15(12)18/h1-7,14,19H. The van der Waals surface area contributed by atoms with Crippen LogP contribution in [0.15, 0.2) is 46.9 Å². The molecule has 5 heteroatoms. The van der Waals surface area contributed by atoms with Gasteiger partial charge in [0.2, 0.25) is 0 Å². The minimum Gasteiger partial charge on any atom is -0.384 e. The van der Waals surface area contributed by atoms with E-state index in [2.05, 4.69) is 15.9 Å². The zero-order valence-electron chi connectivity index (χ0n) is 10.1. The molecule has 0 aliphatic carbocycles. The van der Waals surface area contributed by atoms with Gasteiger partial charge < -0.3 is 5.11 Å². The van der Waals surface area contributed by atoms with Crippen LogP contribution in [0.1, 0.15) is 17.2 Å². The van der Waals surface area contributed by atoms with Gasteiger partial charge in [0, 0.05) is 10.0 Å². The van der Waals surface area contributed by atoms with Crippen LogP contribution in [0.4, 0.5) is 0 Å². The number of hydrogen-bond acceptors (Lipinski definition) is 2. The van der Waals surface area contributed by atoms with Gasteiger partial charge in [-0.1, -0.05) is 57.3 Å². The van der Waals surface area contributed by atoms with Crippen molar-refractivity contribution >= 4 is 61.2 Å². The first-order valence-electron chi connectivity index (χ1n) is 5.86. The maximum Gasteiger partial charge on any atom is 0.106 e. The first kappa shape index (κ1) is 14.4. The number of benzene rings is 2. The SMILES string of the molecule is OC(c1ccc2cc(Br)ccc2c1)c1cc(Cl)sc1Cl. The summed E-state index contributed by atoms with van der Waals surface area (Å²) in [7, 11) is 0. The van der Waals surface area contributed by atoms with Crippen LogP contribution in [0.3, 0.4) is 0 Å². The Morgan fingerprint density at radius 2 is 1.70 bits per heavy atom. The van der Waals surface area contributed by atoms with Crippen molar-refractivity contribution in [2.75, 3.05) is 0 Å². The molecule has 0 radical (unpaired) electrons. The van der Waals surface area contributed by atoms with Crippen molar-refractivity contribution in [2.45, 2.75) is 6.10 Å². The van der Waals surface area contributed by atoms with E-state index in [0.717, 1.165) is 20.8 Å². The molecule has 102 valence electrons. The van der Waals surface area contributed by atoms with Gasteiger partial charge in [-0.15, -0.1) is 11.3 Å². The Balaban J connectivity index is 2.05. The van der Waals surface area contributed by atoms with Gasteiger partial charge in [-0.25, -0.2) is 0 Å². The van der Waals surface area contributed by atoms with E-state index in [9.17, 15) is 5.11 Å². The summed E-state index contributed by atoms with van der Waals surface area (Å²) in [6, 6.07) is 13.6. The smallest absolute Gasteiger partial charge is 0.106 e. The number of halogens is 3. The van der Waals surface area contributed by atoms with Crippen molar-refractivity contribution in [1.82, 2.24) is 0 Å². The van der Waals surface area contributed by atoms with Crippen molar-refractivity contribution in [3.63, 3.8) is 0 Å². The molecule has 3 rings (SSSR count). The highest BCUT2D eigenvalue weighted by molar-refractivity contribution is 9.10. The van der Waals surface area contributed by atoms with Crippen LogP contribution in [0.25, 0.3) is 10.8 Å².